The van der Waals surface area contributed by atoms with E-state index in [1.54, 1.807) is 14.2 Å². The highest BCUT2D eigenvalue weighted by molar-refractivity contribution is 5.97. The number of nitrogens with zero attached hydrogens (tertiary/aromatic N) is 1. The minimum atomic E-state index is -0.325. The summed E-state index contributed by atoms with van der Waals surface area (Å²) >= 11 is 0. The number of rotatable bonds is 5. The molecule has 0 aliphatic heterocycles. The zero-order chi connectivity index (χ0) is 12.8. The lowest BCUT2D eigenvalue weighted by molar-refractivity contribution is 0.0776. The van der Waals surface area contributed by atoms with Crippen molar-refractivity contribution >= 4 is 5.91 Å². The summed E-state index contributed by atoms with van der Waals surface area (Å²) in [5.41, 5.74) is 0.102. The Morgan fingerprint density at radius 1 is 1.41 bits per heavy atom. The topological polar surface area (TPSA) is 70.0 Å². The molecule has 0 bridgehead atoms. The highest BCUT2D eigenvalue weighted by Crippen LogP contribution is 2.23. The van der Waals surface area contributed by atoms with Crippen LogP contribution in [0.25, 0.3) is 0 Å². The first-order valence-electron chi connectivity index (χ1n) is 5.32. The van der Waals surface area contributed by atoms with Gasteiger partial charge < -0.3 is 19.8 Å². The largest absolute Gasteiger partial charge is 0.508 e. The monoisotopic (exact) mass is 239 g/mol. The number of amides is 1. The molecule has 5 heteroatoms. The summed E-state index contributed by atoms with van der Waals surface area (Å²) in [5, 5.41) is 18.8. The molecule has 94 valence electrons. The normalized spacial score (nSPS) is 10.2. The van der Waals surface area contributed by atoms with Crippen LogP contribution in [0.3, 0.4) is 0 Å². The number of benzene rings is 1. The van der Waals surface area contributed by atoms with Crippen molar-refractivity contribution in [1.82, 2.24) is 4.90 Å². The van der Waals surface area contributed by atoms with Crippen molar-refractivity contribution in [2.24, 2.45) is 0 Å². The summed E-state index contributed by atoms with van der Waals surface area (Å²) in [6, 6.07) is 3.88. The number of methoxy groups -OCH3 is 1. The van der Waals surface area contributed by atoms with Gasteiger partial charge in [-0.15, -0.1) is 0 Å². The molecule has 0 unspecified atom stereocenters. The molecular weight excluding hydrogens is 222 g/mol. The summed E-state index contributed by atoms with van der Waals surface area (Å²) < 4.78 is 4.89. The van der Waals surface area contributed by atoms with Crippen LogP contribution < -0.4 is 0 Å². The van der Waals surface area contributed by atoms with Gasteiger partial charge in [0.05, 0.1) is 5.56 Å². The van der Waals surface area contributed by atoms with Gasteiger partial charge in [0.2, 0.25) is 0 Å². The Bertz CT molecular complexity index is 392. The Hall–Kier alpha value is -1.75. The summed E-state index contributed by atoms with van der Waals surface area (Å²) in [5.74, 6) is -0.502. The Labute approximate surface area is 100 Å². The van der Waals surface area contributed by atoms with E-state index < -0.39 is 0 Å². The SMILES string of the molecule is COCCCN(C)C(=O)c1cc(O)ccc1O. The first-order valence-corrected chi connectivity index (χ1v) is 5.32. The number of carbonyl (C=O) groups excluding carboxylic acids is 1. The minimum Gasteiger partial charge on any atom is -0.508 e. The van der Waals surface area contributed by atoms with Gasteiger partial charge in [0.15, 0.2) is 0 Å². The number of aromatic hydroxyl groups is 2. The number of phenols is 2. The summed E-state index contributed by atoms with van der Waals surface area (Å²) in [7, 11) is 3.24. The molecular formula is C12H17NO4. The fourth-order valence-electron chi connectivity index (χ4n) is 1.45. The third-order valence-corrected chi connectivity index (χ3v) is 2.40. The Kier molecular flexibility index (Phi) is 4.78. The van der Waals surface area contributed by atoms with Crippen molar-refractivity contribution in [2.45, 2.75) is 6.42 Å². The van der Waals surface area contributed by atoms with Crippen molar-refractivity contribution in [2.75, 3.05) is 27.3 Å². The molecule has 0 aliphatic carbocycles. The molecule has 0 atom stereocenters. The first-order chi connectivity index (χ1) is 8.06. The van der Waals surface area contributed by atoms with Crippen LogP contribution in [-0.4, -0.2) is 48.3 Å². The summed E-state index contributed by atoms with van der Waals surface area (Å²) in [6.45, 7) is 1.10. The molecule has 0 spiro atoms. The molecule has 0 fully saturated rings. The van der Waals surface area contributed by atoms with E-state index in [1.807, 2.05) is 0 Å². The van der Waals surface area contributed by atoms with Crippen LogP contribution in [0, 0.1) is 0 Å². The van der Waals surface area contributed by atoms with Crippen molar-refractivity contribution < 1.29 is 19.7 Å². The second kappa shape index (κ2) is 6.10. The Morgan fingerprint density at radius 3 is 2.76 bits per heavy atom. The number of ether oxygens (including phenoxy) is 1. The summed E-state index contributed by atoms with van der Waals surface area (Å²) in [4.78, 5) is 13.4. The van der Waals surface area contributed by atoms with Gasteiger partial charge in [0.1, 0.15) is 11.5 Å². The maximum atomic E-state index is 11.9. The van der Waals surface area contributed by atoms with E-state index in [9.17, 15) is 15.0 Å². The quantitative estimate of drug-likeness (QED) is 0.598. The average molecular weight is 239 g/mol. The van der Waals surface area contributed by atoms with Crippen molar-refractivity contribution in [3.63, 3.8) is 0 Å². The molecule has 17 heavy (non-hydrogen) atoms. The van der Waals surface area contributed by atoms with Gasteiger partial charge in [0, 0.05) is 27.3 Å². The lowest BCUT2D eigenvalue weighted by atomic mass is 10.1. The van der Waals surface area contributed by atoms with Gasteiger partial charge in [-0.25, -0.2) is 0 Å². The van der Waals surface area contributed by atoms with E-state index in [1.165, 1.54) is 23.1 Å². The third-order valence-electron chi connectivity index (χ3n) is 2.40. The average Bonchev–Trinajstić information content (AvgIpc) is 2.31. The number of carbonyl (C=O) groups is 1. The second-order valence-corrected chi connectivity index (χ2v) is 3.77. The van der Waals surface area contributed by atoms with Crippen LogP contribution in [0.1, 0.15) is 16.8 Å². The zero-order valence-corrected chi connectivity index (χ0v) is 10.0. The van der Waals surface area contributed by atoms with Crippen molar-refractivity contribution in [3.05, 3.63) is 23.8 Å². The molecule has 0 saturated heterocycles. The second-order valence-electron chi connectivity index (χ2n) is 3.77. The van der Waals surface area contributed by atoms with E-state index in [-0.39, 0.29) is 23.0 Å². The molecule has 1 amide bonds. The van der Waals surface area contributed by atoms with E-state index in [2.05, 4.69) is 0 Å². The number of hydrogen-bond acceptors (Lipinski definition) is 4. The van der Waals surface area contributed by atoms with Gasteiger partial charge >= 0.3 is 0 Å². The molecule has 0 aromatic heterocycles. The Morgan fingerprint density at radius 2 is 2.12 bits per heavy atom. The van der Waals surface area contributed by atoms with Crippen LogP contribution in [-0.2, 0) is 4.74 Å². The molecule has 0 radical (unpaired) electrons. The predicted octanol–water partition coefficient (Wildman–Crippen LogP) is 1.21. The van der Waals surface area contributed by atoms with Gasteiger partial charge in [0.25, 0.3) is 5.91 Å². The van der Waals surface area contributed by atoms with Crippen LogP contribution in [0.2, 0.25) is 0 Å². The first kappa shape index (κ1) is 13.3. The van der Waals surface area contributed by atoms with Gasteiger partial charge in [-0.3, -0.25) is 4.79 Å². The molecule has 0 aliphatic rings. The Balaban J connectivity index is 2.71. The van der Waals surface area contributed by atoms with Crippen molar-refractivity contribution in [3.8, 4) is 11.5 Å². The van der Waals surface area contributed by atoms with E-state index >= 15 is 0 Å². The van der Waals surface area contributed by atoms with E-state index in [0.29, 0.717) is 13.2 Å². The fraction of sp³-hybridized carbons (Fsp3) is 0.417. The number of phenolic OH excluding ortho intramolecular Hbond substituents is 2. The van der Waals surface area contributed by atoms with E-state index in [4.69, 9.17) is 4.74 Å². The highest BCUT2D eigenvalue weighted by atomic mass is 16.5. The smallest absolute Gasteiger partial charge is 0.257 e. The molecule has 1 aromatic rings. The number of hydrogen-bond donors (Lipinski definition) is 2. The lowest BCUT2D eigenvalue weighted by Crippen LogP contribution is -2.28. The fourth-order valence-corrected chi connectivity index (χ4v) is 1.45. The minimum absolute atomic E-state index is 0.0450. The molecule has 1 rings (SSSR count). The van der Waals surface area contributed by atoms with E-state index in [0.717, 1.165) is 6.42 Å². The molecule has 0 saturated carbocycles. The van der Waals surface area contributed by atoms with Gasteiger partial charge in [-0.1, -0.05) is 0 Å². The molecule has 2 N–H and O–H groups in total. The van der Waals surface area contributed by atoms with Crippen LogP contribution in [0.5, 0.6) is 11.5 Å². The zero-order valence-electron chi connectivity index (χ0n) is 10.0. The third kappa shape index (κ3) is 3.64. The standard InChI is InChI=1S/C12H17NO4/c1-13(6-3-7-17-2)12(16)10-8-9(14)4-5-11(10)15/h4-5,8,14-15H,3,6-7H2,1-2H3. The molecule has 1 aromatic carbocycles. The maximum Gasteiger partial charge on any atom is 0.257 e. The van der Waals surface area contributed by atoms with Crippen LogP contribution in [0.4, 0.5) is 0 Å². The predicted molar refractivity (Wildman–Crippen MR) is 63.2 cm³/mol. The maximum absolute atomic E-state index is 11.9. The molecule has 0 heterocycles. The summed E-state index contributed by atoms with van der Waals surface area (Å²) in [6.07, 6.45) is 0.721. The highest BCUT2D eigenvalue weighted by Gasteiger charge is 2.15. The van der Waals surface area contributed by atoms with Crippen molar-refractivity contribution in [1.29, 1.82) is 0 Å². The molecule has 5 nitrogen and oxygen atoms in total. The van der Waals surface area contributed by atoms with Gasteiger partial charge in [-0.2, -0.15) is 0 Å². The van der Waals surface area contributed by atoms with Gasteiger partial charge in [-0.05, 0) is 24.6 Å². The van der Waals surface area contributed by atoms with Crippen LogP contribution >= 0.6 is 0 Å². The van der Waals surface area contributed by atoms with Crippen LogP contribution in [0.15, 0.2) is 18.2 Å². The lowest BCUT2D eigenvalue weighted by Gasteiger charge is -2.17.